The molecule has 1 aliphatic heterocycles. The number of anilines is 1. The number of carbonyl (C=O) groups is 2. The summed E-state index contributed by atoms with van der Waals surface area (Å²) in [6.45, 7) is 0. The van der Waals surface area contributed by atoms with Crippen LogP contribution in [0.5, 0.6) is 0 Å². The van der Waals surface area contributed by atoms with E-state index in [0.717, 1.165) is 4.90 Å². The van der Waals surface area contributed by atoms with Crippen molar-refractivity contribution < 1.29 is 9.59 Å². The van der Waals surface area contributed by atoms with Crippen LogP contribution >= 0.6 is 0 Å². The fourth-order valence-electron chi connectivity index (χ4n) is 2.37. The molecule has 0 aromatic heterocycles. The van der Waals surface area contributed by atoms with Crippen LogP contribution in [0.2, 0.25) is 0 Å². The lowest BCUT2D eigenvalue weighted by Crippen LogP contribution is -2.30. The molecule has 2 amide bonds. The lowest BCUT2D eigenvalue weighted by Gasteiger charge is -2.16. The van der Waals surface area contributed by atoms with Crippen molar-refractivity contribution in [1.82, 2.24) is 0 Å². The van der Waals surface area contributed by atoms with E-state index in [0.29, 0.717) is 22.4 Å². The number of fused-ring (bicyclic) bond motifs is 1. The second-order valence-corrected chi connectivity index (χ2v) is 4.45. The van der Waals surface area contributed by atoms with Crippen LogP contribution in [-0.4, -0.2) is 11.8 Å². The van der Waals surface area contributed by atoms with Gasteiger partial charge in [0.25, 0.3) is 11.8 Å². The number of benzene rings is 2. The molecule has 1 aliphatic rings. The highest BCUT2D eigenvalue weighted by Crippen LogP contribution is 2.30. The lowest BCUT2D eigenvalue weighted by molar-refractivity contribution is 0.0926. The Balaban J connectivity index is 2.12. The Morgan fingerprint density at radius 3 is 2.05 bits per heavy atom. The average molecular weight is 262 g/mol. The van der Waals surface area contributed by atoms with Crippen molar-refractivity contribution >= 4 is 17.5 Å². The number of rotatable bonds is 2. The van der Waals surface area contributed by atoms with Crippen LogP contribution in [0.3, 0.4) is 0 Å². The van der Waals surface area contributed by atoms with E-state index >= 15 is 0 Å². The summed E-state index contributed by atoms with van der Waals surface area (Å²) in [7, 11) is 0. The smallest absolute Gasteiger partial charge is 0.266 e. The maximum Gasteiger partial charge on any atom is 0.266 e. The Morgan fingerprint density at radius 1 is 0.900 bits per heavy atom. The molecule has 4 heteroatoms. The molecule has 0 fully saturated rings. The zero-order valence-electron chi connectivity index (χ0n) is 10.5. The summed E-state index contributed by atoms with van der Waals surface area (Å²) in [5, 5.41) is 8.85. The number of hydrogen-bond acceptors (Lipinski definition) is 3. The van der Waals surface area contributed by atoms with Gasteiger partial charge in [-0.1, -0.05) is 30.3 Å². The van der Waals surface area contributed by atoms with Gasteiger partial charge in [-0.15, -0.1) is 0 Å². The number of nitriles is 1. The van der Waals surface area contributed by atoms with Crippen LogP contribution in [0.4, 0.5) is 5.69 Å². The van der Waals surface area contributed by atoms with Gasteiger partial charge in [-0.2, -0.15) is 5.26 Å². The summed E-state index contributed by atoms with van der Waals surface area (Å²) < 4.78 is 0. The van der Waals surface area contributed by atoms with Gasteiger partial charge in [0.2, 0.25) is 0 Å². The summed E-state index contributed by atoms with van der Waals surface area (Å²) >= 11 is 0. The van der Waals surface area contributed by atoms with Gasteiger partial charge in [-0.05, 0) is 23.8 Å². The number of carbonyl (C=O) groups excluding carboxylic acids is 2. The zero-order valence-corrected chi connectivity index (χ0v) is 10.5. The second-order valence-electron chi connectivity index (χ2n) is 4.45. The van der Waals surface area contributed by atoms with Crippen molar-refractivity contribution in [3.63, 3.8) is 0 Å². The first-order valence-electron chi connectivity index (χ1n) is 6.16. The lowest BCUT2D eigenvalue weighted by atomic mass is 10.1. The molecule has 20 heavy (non-hydrogen) atoms. The normalized spacial score (nSPS) is 13.2. The van der Waals surface area contributed by atoms with Crippen molar-refractivity contribution in [3.05, 3.63) is 65.2 Å². The molecule has 0 unspecified atom stereocenters. The Kier molecular flexibility index (Phi) is 2.81. The molecular weight excluding hydrogens is 252 g/mol. The van der Waals surface area contributed by atoms with E-state index in [2.05, 4.69) is 0 Å². The number of para-hydroxylation sites is 1. The van der Waals surface area contributed by atoms with Gasteiger partial charge in [-0.25, -0.2) is 4.90 Å². The van der Waals surface area contributed by atoms with Gasteiger partial charge in [0.05, 0.1) is 29.3 Å². The third-order valence-electron chi connectivity index (χ3n) is 3.30. The summed E-state index contributed by atoms with van der Waals surface area (Å²) in [5.41, 5.74) is 1.97. The molecule has 0 spiro atoms. The highest BCUT2D eigenvalue weighted by atomic mass is 16.2. The van der Waals surface area contributed by atoms with Crippen LogP contribution in [0.1, 0.15) is 26.3 Å². The van der Waals surface area contributed by atoms with E-state index in [9.17, 15) is 9.59 Å². The molecule has 0 bridgehead atoms. The maximum atomic E-state index is 12.4. The first-order chi connectivity index (χ1) is 9.74. The molecule has 4 nitrogen and oxygen atoms in total. The van der Waals surface area contributed by atoms with Gasteiger partial charge in [0, 0.05) is 0 Å². The maximum absolute atomic E-state index is 12.4. The number of hydrogen-bond donors (Lipinski definition) is 0. The first kappa shape index (κ1) is 12.1. The van der Waals surface area contributed by atoms with Crippen LogP contribution in [0.25, 0.3) is 0 Å². The van der Waals surface area contributed by atoms with Crippen molar-refractivity contribution in [2.24, 2.45) is 0 Å². The van der Waals surface area contributed by atoms with E-state index in [1.54, 1.807) is 48.5 Å². The molecule has 0 saturated heterocycles. The van der Waals surface area contributed by atoms with Crippen molar-refractivity contribution in [2.45, 2.75) is 6.42 Å². The highest BCUT2D eigenvalue weighted by molar-refractivity contribution is 6.34. The Bertz CT molecular complexity index is 724. The molecule has 0 atom stereocenters. The average Bonchev–Trinajstić information content (AvgIpc) is 2.73. The fourth-order valence-corrected chi connectivity index (χ4v) is 2.37. The minimum absolute atomic E-state index is 0.156. The van der Waals surface area contributed by atoms with Crippen molar-refractivity contribution in [3.8, 4) is 6.07 Å². The minimum Gasteiger partial charge on any atom is -0.268 e. The summed E-state index contributed by atoms with van der Waals surface area (Å²) in [4.78, 5) is 25.9. The molecule has 3 rings (SSSR count). The second kappa shape index (κ2) is 4.63. The fraction of sp³-hybridized carbons (Fsp3) is 0.0625. The van der Waals surface area contributed by atoms with Crippen LogP contribution in [0.15, 0.2) is 48.5 Å². The third-order valence-corrected chi connectivity index (χ3v) is 3.30. The molecule has 0 N–H and O–H groups in total. The molecule has 96 valence electrons. The van der Waals surface area contributed by atoms with Gasteiger partial charge >= 0.3 is 0 Å². The van der Waals surface area contributed by atoms with Crippen LogP contribution in [0, 0.1) is 11.3 Å². The molecule has 2 aromatic rings. The van der Waals surface area contributed by atoms with E-state index in [-0.39, 0.29) is 18.2 Å². The topological polar surface area (TPSA) is 61.2 Å². The predicted molar refractivity (Wildman–Crippen MR) is 73.3 cm³/mol. The van der Waals surface area contributed by atoms with Gasteiger partial charge < -0.3 is 0 Å². The standard InChI is InChI=1S/C16H10N2O2/c17-10-9-11-5-1-4-8-14(11)18-15(19)12-6-2-3-7-13(12)16(18)20/h1-8H,9H2. The summed E-state index contributed by atoms with van der Waals surface area (Å²) in [6, 6.07) is 15.8. The summed E-state index contributed by atoms with van der Waals surface area (Å²) in [5.74, 6) is -0.674. The summed E-state index contributed by atoms with van der Waals surface area (Å²) in [6.07, 6.45) is 0.156. The van der Waals surface area contributed by atoms with E-state index in [4.69, 9.17) is 5.26 Å². The third kappa shape index (κ3) is 1.69. The highest BCUT2D eigenvalue weighted by Gasteiger charge is 2.37. The SMILES string of the molecule is N#CCc1ccccc1N1C(=O)c2ccccc2C1=O. The number of imide groups is 1. The quantitative estimate of drug-likeness (QED) is 0.781. The molecular formula is C16H10N2O2. The minimum atomic E-state index is -0.337. The monoisotopic (exact) mass is 262 g/mol. The molecule has 1 heterocycles. The molecule has 2 aromatic carbocycles. The molecule has 0 aliphatic carbocycles. The number of amides is 2. The largest absolute Gasteiger partial charge is 0.268 e. The van der Waals surface area contributed by atoms with E-state index in [1.165, 1.54) is 0 Å². The van der Waals surface area contributed by atoms with Gasteiger partial charge in [-0.3, -0.25) is 9.59 Å². The van der Waals surface area contributed by atoms with Crippen LogP contribution in [-0.2, 0) is 6.42 Å². The Hall–Kier alpha value is -2.93. The first-order valence-corrected chi connectivity index (χ1v) is 6.16. The van der Waals surface area contributed by atoms with Crippen molar-refractivity contribution in [1.29, 1.82) is 5.26 Å². The predicted octanol–water partition coefficient (Wildman–Crippen LogP) is 2.55. The number of nitrogens with zero attached hydrogens (tertiary/aromatic N) is 2. The van der Waals surface area contributed by atoms with E-state index < -0.39 is 0 Å². The Labute approximate surface area is 115 Å². The zero-order chi connectivity index (χ0) is 14.1. The van der Waals surface area contributed by atoms with Crippen LogP contribution < -0.4 is 4.90 Å². The van der Waals surface area contributed by atoms with Gasteiger partial charge in [0.15, 0.2) is 0 Å². The Morgan fingerprint density at radius 2 is 1.45 bits per heavy atom. The van der Waals surface area contributed by atoms with E-state index in [1.807, 2.05) is 6.07 Å². The molecule has 0 saturated carbocycles. The van der Waals surface area contributed by atoms with Crippen molar-refractivity contribution in [2.75, 3.05) is 4.90 Å². The van der Waals surface area contributed by atoms with Gasteiger partial charge in [0.1, 0.15) is 0 Å². The molecule has 0 radical (unpaired) electrons.